The summed E-state index contributed by atoms with van der Waals surface area (Å²) in [6.45, 7) is 0. The molecule has 0 saturated carbocycles. The summed E-state index contributed by atoms with van der Waals surface area (Å²) in [5.74, 6) is 0.380. The third-order valence-electron chi connectivity index (χ3n) is 5.10. The molecule has 0 fully saturated rings. The molecule has 0 aliphatic carbocycles. The van der Waals surface area contributed by atoms with Crippen molar-refractivity contribution >= 4 is 28.9 Å². The minimum atomic E-state index is -0.648. The van der Waals surface area contributed by atoms with E-state index in [1.807, 2.05) is 41.4 Å². The first-order valence-corrected chi connectivity index (χ1v) is 9.68. The Kier molecular flexibility index (Phi) is 4.26. The van der Waals surface area contributed by atoms with Gasteiger partial charge in [0.2, 0.25) is 6.23 Å². The number of rotatable bonds is 2. The molecule has 6 heteroatoms. The fourth-order valence-corrected chi connectivity index (χ4v) is 4.06. The molecule has 2 atom stereocenters. The number of fused-ring (bicyclic) bond motifs is 3. The van der Waals surface area contributed by atoms with Crippen LogP contribution in [0.4, 0.5) is 4.39 Å². The predicted molar refractivity (Wildman–Crippen MR) is 108 cm³/mol. The van der Waals surface area contributed by atoms with Gasteiger partial charge in [0.05, 0.1) is 17.3 Å². The Balaban J connectivity index is 1.62. The van der Waals surface area contributed by atoms with Crippen molar-refractivity contribution in [2.75, 3.05) is 0 Å². The Hall–Kier alpha value is -2.56. The molecule has 3 aromatic carbocycles. The van der Waals surface area contributed by atoms with Crippen molar-refractivity contribution < 1.29 is 9.13 Å². The summed E-state index contributed by atoms with van der Waals surface area (Å²) in [6, 6.07) is 19.6. The van der Waals surface area contributed by atoms with Crippen molar-refractivity contribution in [1.29, 1.82) is 0 Å². The smallest absolute Gasteiger partial charge is 0.216 e. The van der Waals surface area contributed by atoms with Gasteiger partial charge in [-0.3, -0.25) is 0 Å². The summed E-state index contributed by atoms with van der Waals surface area (Å²) < 4.78 is 20.7. The summed E-state index contributed by atoms with van der Waals surface area (Å²) in [5.41, 5.74) is 3.29. The largest absolute Gasteiger partial charge is 0.464 e. The molecule has 28 heavy (non-hydrogen) atoms. The molecule has 0 radical (unpaired) electrons. The second-order valence-electron chi connectivity index (χ2n) is 6.83. The SMILES string of the molecule is Fc1ccccc1[C@H]1Oc2ccc(Cl)cc2[C@H]2CC(c3ccc(Cl)cc3)=NN21. The van der Waals surface area contributed by atoms with E-state index in [1.54, 1.807) is 24.3 Å². The average Bonchev–Trinajstić information content (AvgIpc) is 3.14. The second-order valence-corrected chi connectivity index (χ2v) is 7.70. The van der Waals surface area contributed by atoms with Crippen LogP contribution in [0.15, 0.2) is 71.8 Å². The summed E-state index contributed by atoms with van der Waals surface area (Å²) in [6.07, 6.45) is 0.0215. The van der Waals surface area contributed by atoms with Gasteiger partial charge in [-0.1, -0.05) is 53.5 Å². The summed E-state index contributed by atoms with van der Waals surface area (Å²) in [5, 5.41) is 7.95. The third-order valence-corrected chi connectivity index (χ3v) is 5.59. The Morgan fingerprint density at radius 3 is 2.46 bits per heavy atom. The van der Waals surface area contributed by atoms with Gasteiger partial charge < -0.3 is 4.74 Å². The van der Waals surface area contributed by atoms with E-state index in [1.165, 1.54) is 6.07 Å². The third kappa shape index (κ3) is 2.93. The van der Waals surface area contributed by atoms with Crippen LogP contribution in [-0.4, -0.2) is 10.7 Å². The monoisotopic (exact) mass is 412 g/mol. The van der Waals surface area contributed by atoms with Crippen LogP contribution in [0.1, 0.15) is 35.4 Å². The topological polar surface area (TPSA) is 24.8 Å². The van der Waals surface area contributed by atoms with Gasteiger partial charge in [0.15, 0.2) is 0 Å². The van der Waals surface area contributed by atoms with E-state index in [0.29, 0.717) is 27.8 Å². The van der Waals surface area contributed by atoms with Crippen LogP contribution in [0.3, 0.4) is 0 Å². The first kappa shape index (κ1) is 17.5. The molecule has 0 unspecified atom stereocenters. The minimum Gasteiger partial charge on any atom is -0.464 e. The van der Waals surface area contributed by atoms with Gasteiger partial charge in [0, 0.05) is 22.0 Å². The van der Waals surface area contributed by atoms with Crippen molar-refractivity contribution in [3.63, 3.8) is 0 Å². The Labute approximate surface area is 172 Å². The molecule has 5 rings (SSSR count). The van der Waals surface area contributed by atoms with Gasteiger partial charge in [0.1, 0.15) is 11.6 Å². The Morgan fingerprint density at radius 2 is 1.68 bits per heavy atom. The molecule has 2 heterocycles. The van der Waals surface area contributed by atoms with Crippen molar-refractivity contribution in [2.45, 2.75) is 18.7 Å². The predicted octanol–water partition coefficient (Wildman–Crippen LogP) is 6.37. The first-order chi connectivity index (χ1) is 13.6. The number of hydrogen-bond acceptors (Lipinski definition) is 3. The zero-order valence-corrected chi connectivity index (χ0v) is 16.2. The van der Waals surface area contributed by atoms with Crippen LogP contribution in [0.5, 0.6) is 5.75 Å². The standard InChI is InChI=1S/C22H15Cl2FN2O/c23-14-7-5-13(6-8-14)19-12-20-17-11-15(24)9-10-21(17)28-22(27(20)26-19)16-3-1-2-4-18(16)25/h1-11,20,22H,12H2/t20-,22-/m1/s1. The average molecular weight is 413 g/mol. The van der Waals surface area contributed by atoms with Gasteiger partial charge in [-0.15, -0.1) is 0 Å². The maximum Gasteiger partial charge on any atom is 0.216 e. The molecule has 0 saturated heterocycles. The molecule has 140 valence electrons. The Morgan fingerprint density at radius 1 is 0.929 bits per heavy atom. The van der Waals surface area contributed by atoms with Crippen molar-refractivity contribution in [2.24, 2.45) is 5.10 Å². The van der Waals surface area contributed by atoms with E-state index in [2.05, 4.69) is 0 Å². The molecule has 0 N–H and O–H groups in total. The van der Waals surface area contributed by atoms with Gasteiger partial charge in [-0.25, -0.2) is 9.40 Å². The van der Waals surface area contributed by atoms with E-state index in [0.717, 1.165) is 16.8 Å². The number of benzene rings is 3. The highest BCUT2D eigenvalue weighted by Gasteiger charge is 2.41. The molecular weight excluding hydrogens is 398 g/mol. The van der Waals surface area contributed by atoms with Crippen molar-refractivity contribution in [3.8, 4) is 5.75 Å². The maximum atomic E-state index is 14.5. The fraction of sp³-hybridized carbons (Fsp3) is 0.136. The van der Waals surface area contributed by atoms with Crippen molar-refractivity contribution in [3.05, 3.63) is 99.3 Å². The number of hydrazone groups is 1. The first-order valence-electron chi connectivity index (χ1n) is 8.92. The number of hydrogen-bond donors (Lipinski definition) is 0. The molecule has 0 spiro atoms. The summed E-state index contributed by atoms with van der Waals surface area (Å²) >= 11 is 12.2. The molecule has 3 aromatic rings. The normalized spacial score (nSPS) is 20.2. The zero-order chi connectivity index (χ0) is 19.3. The summed E-state index contributed by atoms with van der Waals surface area (Å²) in [7, 11) is 0. The number of halogens is 3. The highest BCUT2D eigenvalue weighted by molar-refractivity contribution is 6.31. The lowest BCUT2D eigenvalue weighted by atomic mass is 9.96. The number of ether oxygens (including phenoxy) is 1. The number of nitrogens with zero attached hydrogens (tertiary/aromatic N) is 2. The minimum absolute atomic E-state index is 0.0854. The highest BCUT2D eigenvalue weighted by atomic mass is 35.5. The lowest BCUT2D eigenvalue weighted by molar-refractivity contribution is -0.0211. The molecule has 2 aliphatic rings. The molecular formula is C22H15Cl2FN2O. The van der Waals surface area contributed by atoms with E-state index < -0.39 is 6.23 Å². The van der Waals surface area contributed by atoms with E-state index in [9.17, 15) is 4.39 Å². The van der Waals surface area contributed by atoms with Gasteiger partial charge in [0.25, 0.3) is 0 Å². The highest BCUT2D eigenvalue weighted by Crippen LogP contribution is 2.48. The molecule has 0 aromatic heterocycles. The van der Waals surface area contributed by atoms with Crippen LogP contribution >= 0.6 is 23.2 Å². The van der Waals surface area contributed by atoms with Crippen LogP contribution in [-0.2, 0) is 0 Å². The van der Waals surface area contributed by atoms with E-state index in [-0.39, 0.29) is 11.9 Å². The van der Waals surface area contributed by atoms with Crippen LogP contribution in [0.25, 0.3) is 0 Å². The van der Waals surface area contributed by atoms with Gasteiger partial charge in [-0.05, 0) is 42.0 Å². The second kappa shape index (κ2) is 6.80. The quantitative estimate of drug-likeness (QED) is 0.487. The van der Waals surface area contributed by atoms with Crippen LogP contribution in [0.2, 0.25) is 10.0 Å². The molecule has 0 amide bonds. The Bertz CT molecular complexity index is 1080. The molecule has 2 aliphatic heterocycles. The van der Waals surface area contributed by atoms with Gasteiger partial charge >= 0.3 is 0 Å². The van der Waals surface area contributed by atoms with Crippen LogP contribution < -0.4 is 4.74 Å². The lowest BCUT2D eigenvalue weighted by Gasteiger charge is -2.38. The van der Waals surface area contributed by atoms with E-state index >= 15 is 0 Å². The van der Waals surface area contributed by atoms with E-state index in [4.69, 9.17) is 33.0 Å². The summed E-state index contributed by atoms with van der Waals surface area (Å²) in [4.78, 5) is 0. The van der Waals surface area contributed by atoms with Gasteiger partial charge in [-0.2, -0.15) is 5.10 Å². The molecule has 0 bridgehead atoms. The van der Waals surface area contributed by atoms with Crippen LogP contribution in [0, 0.1) is 5.82 Å². The van der Waals surface area contributed by atoms with Crippen molar-refractivity contribution in [1.82, 2.24) is 5.01 Å². The maximum absolute atomic E-state index is 14.5. The fourth-order valence-electron chi connectivity index (χ4n) is 3.76. The zero-order valence-electron chi connectivity index (χ0n) is 14.6. The molecule has 3 nitrogen and oxygen atoms in total. The lowest BCUT2D eigenvalue weighted by Crippen LogP contribution is -2.34.